The molecule has 246 valence electrons. The highest BCUT2D eigenvalue weighted by Gasteiger charge is 2.76. The highest BCUT2D eigenvalue weighted by Crippen LogP contribution is 2.68. The molecule has 46 heavy (non-hydrogen) atoms. The summed E-state index contributed by atoms with van der Waals surface area (Å²) in [4.78, 5) is 49.3. The van der Waals surface area contributed by atoms with Crippen molar-refractivity contribution in [1.82, 2.24) is 4.90 Å². The molecule has 7 atom stereocenters. The third-order valence-corrected chi connectivity index (χ3v) is 12.8. The van der Waals surface area contributed by atoms with Crippen LogP contribution >= 0.6 is 27.7 Å². The van der Waals surface area contributed by atoms with Crippen molar-refractivity contribution < 1.29 is 24.2 Å². The zero-order chi connectivity index (χ0) is 33.3. The van der Waals surface area contributed by atoms with Crippen molar-refractivity contribution in [3.63, 3.8) is 0 Å². The predicted octanol–water partition coefficient (Wildman–Crippen LogP) is 5.68. The number of likely N-dealkylation sites (tertiary alicyclic amines) is 1. The third-order valence-electron chi connectivity index (χ3n) is 9.59. The van der Waals surface area contributed by atoms with Gasteiger partial charge in [-0.2, -0.15) is 0 Å². The van der Waals surface area contributed by atoms with Crippen LogP contribution in [0.1, 0.15) is 37.8 Å². The molecule has 3 aliphatic heterocycles. The number of carbonyl (C=O) groups is 3. The summed E-state index contributed by atoms with van der Waals surface area (Å²) >= 11 is 5.48. The van der Waals surface area contributed by atoms with Crippen molar-refractivity contribution in [1.29, 1.82) is 0 Å². The summed E-state index contributed by atoms with van der Waals surface area (Å²) in [7, 11) is 0. The van der Waals surface area contributed by atoms with E-state index >= 15 is 0 Å². The standard InChI is InChI=1S/C36H44BrN3O5S/c1-7-17-38(25-13-15-26(16-14-25)45-10-4)33(42)29-30-34(43)40(24(9-3)21-41)32(36(30)20-27(37)31(29)46-36)35(44)39(18-8-2)28-19-22(5)11-12-23(28)6/h7-8,11-16,19,24,27,29-32,41H,1-2,9-10,17-18,20-21H2,3-6H3/t24-,27?,29-,30-,31-,32?,36?/m0/s1. The van der Waals surface area contributed by atoms with Crippen molar-refractivity contribution in [3.05, 3.63) is 78.9 Å². The monoisotopic (exact) mass is 709 g/mol. The molecular weight excluding hydrogens is 666 g/mol. The topological polar surface area (TPSA) is 90.4 Å². The first-order valence-electron chi connectivity index (χ1n) is 16.0. The lowest BCUT2D eigenvalue weighted by atomic mass is 9.70. The van der Waals surface area contributed by atoms with Gasteiger partial charge < -0.3 is 24.5 Å². The lowest BCUT2D eigenvalue weighted by Gasteiger charge is -2.40. The summed E-state index contributed by atoms with van der Waals surface area (Å²) in [5.41, 5.74) is 3.40. The molecule has 5 rings (SSSR count). The first-order chi connectivity index (χ1) is 22.1. The minimum Gasteiger partial charge on any atom is -0.494 e. The van der Waals surface area contributed by atoms with E-state index in [-0.39, 0.29) is 47.5 Å². The fourth-order valence-electron chi connectivity index (χ4n) is 7.55. The first-order valence-corrected chi connectivity index (χ1v) is 17.8. The molecule has 0 aliphatic carbocycles. The molecule has 2 aromatic rings. The third kappa shape index (κ3) is 5.70. The number of fused-ring (bicyclic) bond motifs is 1. The second kappa shape index (κ2) is 14.0. The maximum absolute atomic E-state index is 15.0. The van der Waals surface area contributed by atoms with Crippen molar-refractivity contribution in [2.24, 2.45) is 11.8 Å². The van der Waals surface area contributed by atoms with Crippen LogP contribution in [0.3, 0.4) is 0 Å². The van der Waals surface area contributed by atoms with E-state index in [9.17, 15) is 19.5 Å². The van der Waals surface area contributed by atoms with Crippen LogP contribution in [0.2, 0.25) is 0 Å². The second-order valence-corrected chi connectivity index (χ2v) is 15.1. The van der Waals surface area contributed by atoms with Gasteiger partial charge >= 0.3 is 0 Å². The summed E-state index contributed by atoms with van der Waals surface area (Å²) in [6.45, 7) is 16.4. The van der Waals surface area contributed by atoms with Crippen LogP contribution in [0, 0.1) is 25.7 Å². The van der Waals surface area contributed by atoms with Crippen molar-refractivity contribution >= 4 is 56.8 Å². The smallest absolute Gasteiger partial charge is 0.251 e. The highest BCUT2D eigenvalue weighted by molar-refractivity contribution is 9.09. The molecule has 0 radical (unpaired) electrons. The number of aryl methyl sites for hydroxylation is 2. The summed E-state index contributed by atoms with van der Waals surface area (Å²) in [5.74, 6) is -1.32. The Morgan fingerprint density at radius 1 is 1.11 bits per heavy atom. The maximum Gasteiger partial charge on any atom is 0.251 e. The minimum atomic E-state index is -0.867. The second-order valence-electron chi connectivity index (χ2n) is 12.3. The van der Waals surface area contributed by atoms with E-state index in [2.05, 4.69) is 29.1 Å². The number of nitrogens with zero attached hydrogens (tertiary/aromatic N) is 3. The molecular formula is C36H44BrN3O5S. The van der Waals surface area contributed by atoms with E-state index in [0.717, 1.165) is 16.8 Å². The number of thioether (sulfide) groups is 1. The Kier molecular flexibility index (Phi) is 10.4. The molecule has 8 nitrogen and oxygen atoms in total. The number of aliphatic hydroxyl groups is 1. The van der Waals surface area contributed by atoms with Gasteiger partial charge in [-0.05, 0) is 75.1 Å². The van der Waals surface area contributed by atoms with Gasteiger partial charge in [0.15, 0.2) is 0 Å². The number of rotatable bonds is 13. The molecule has 10 heteroatoms. The van der Waals surface area contributed by atoms with Crippen LogP contribution < -0.4 is 14.5 Å². The first kappa shape index (κ1) is 34.3. The molecule has 0 saturated carbocycles. The predicted molar refractivity (Wildman–Crippen MR) is 189 cm³/mol. The molecule has 3 aliphatic rings. The minimum absolute atomic E-state index is 0.0839. The van der Waals surface area contributed by atoms with Gasteiger partial charge in [-0.15, -0.1) is 24.9 Å². The largest absolute Gasteiger partial charge is 0.494 e. The Morgan fingerprint density at radius 3 is 2.39 bits per heavy atom. The number of ether oxygens (including phenoxy) is 1. The lowest BCUT2D eigenvalue weighted by molar-refractivity contribution is -0.141. The van der Waals surface area contributed by atoms with Crippen LogP contribution in [-0.4, -0.2) is 80.9 Å². The van der Waals surface area contributed by atoms with Crippen LogP contribution in [0.25, 0.3) is 0 Å². The number of hydrogen-bond donors (Lipinski definition) is 1. The van der Waals surface area contributed by atoms with Gasteiger partial charge in [0.1, 0.15) is 11.8 Å². The number of anilines is 2. The van der Waals surface area contributed by atoms with Crippen molar-refractivity contribution in [2.45, 2.75) is 67.4 Å². The Labute approximate surface area is 285 Å². The molecule has 2 aromatic carbocycles. The average Bonchev–Trinajstić information content (AvgIpc) is 3.64. The number of alkyl halides is 1. The van der Waals surface area contributed by atoms with Crippen molar-refractivity contribution in [3.8, 4) is 5.75 Å². The van der Waals surface area contributed by atoms with E-state index in [1.54, 1.807) is 38.6 Å². The Balaban J connectivity index is 1.61. The van der Waals surface area contributed by atoms with E-state index in [1.165, 1.54) is 0 Å². The Bertz CT molecular complexity index is 1500. The lowest BCUT2D eigenvalue weighted by Crippen LogP contribution is -2.58. The number of halogens is 1. The number of hydrogen-bond acceptors (Lipinski definition) is 6. The summed E-state index contributed by atoms with van der Waals surface area (Å²) in [6, 6.07) is 11.9. The normalized spacial score (nSPS) is 26.9. The zero-order valence-corrected chi connectivity index (χ0v) is 29.4. The molecule has 3 saturated heterocycles. The van der Waals surface area contributed by atoms with E-state index in [1.807, 2.05) is 70.2 Å². The number of carbonyl (C=O) groups excluding carboxylic acids is 3. The molecule has 1 N–H and O–H groups in total. The molecule has 0 aromatic heterocycles. The average molecular weight is 711 g/mol. The molecule has 3 amide bonds. The maximum atomic E-state index is 15.0. The summed E-state index contributed by atoms with van der Waals surface area (Å²) in [5, 5.41) is 10.3. The van der Waals surface area contributed by atoms with E-state index in [4.69, 9.17) is 4.74 Å². The van der Waals surface area contributed by atoms with Gasteiger partial charge in [0.25, 0.3) is 5.91 Å². The number of amides is 3. The quantitative estimate of drug-likeness (QED) is 0.213. The summed E-state index contributed by atoms with van der Waals surface area (Å²) in [6.07, 6.45) is 4.40. The number of aliphatic hydroxyl groups excluding tert-OH is 1. The van der Waals surface area contributed by atoms with Gasteiger partial charge in [-0.25, -0.2) is 0 Å². The van der Waals surface area contributed by atoms with Gasteiger partial charge in [-0.3, -0.25) is 14.4 Å². The van der Waals surface area contributed by atoms with E-state index < -0.39 is 28.7 Å². The highest BCUT2D eigenvalue weighted by atomic mass is 79.9. The zero-order valence-electron chi connectivity index (χ0n) is 27.0. The van der Waals surface area contributed by atoms with Crippen molar-refractivity contribution in [2.75, 3.05) is 36.1 Å². The van der Waals surface area contributed by atoms with Gasteiger partial charge in [-0.1, -0.05) is 47.1 Å². The Morgan fingerprint density at radius 2 is 1.78 bits per heavy atom. The fourth-order valence-corrected chi connectivity index (χ4v) is 11.1. The van der Waals surface area contributed by atoms with Crippen LogP contribution in [0.15, 0.2) is 67.8 Å². The van der Waals surface area contributed by atoms with Crippen LogP contribution in [0.5, 0.6) is 5.75 Å². The number of benzene rings is 2. The van der Waals surface area contributed by atoms with Gasteiger partial charge in [0.2, 0.25) is 11.8 Å². The SMILES string of the molecule is C=CCN(C(=O)[C@H]1[C@H]2C(=O)N([C@@H](CC)CO)C(C(=O)N(CC=C)c3cc(C)ccc3C)C23CC(Br)[C@@H]1S3)c1ccc(OCC)cc1. The molecule has 3 fully saturated rings. The summed E-state index contributed by atoms with van der Waals surface area (Å²) < 4.78 is 4.76. The van der Waals surface area contributed by atoms with Crippen LogP contribution in [-0.2, 0) is 14.4 Å². The molecule has 2 bridgehead atoms. The van der Waals surface area contributed by atoms with Gasteiger partial charge in [0.05, 0.1) is 35.8 Å². The molecule has 1 spiro atoms. The Hall–Kier alpha value is -3.08. The fraction of sp³-hybridized carbons (Fsp3) is 0.472. The van der Waals surface area contributed by atoms with Gasteiger partial charge in [0, 0.05) is 34.5 Å². The molecule has 3 unspecified atom stereocenters. The van der Waals surface area contributed by atoms with Crippen LogP contribution in [0.4, 0.5) is 11.4 Å². The van der Waals surface area contributed by atoms with E-state index in [0.29, 0.717) is 30.9 Å². The molecule has 3 heterocycles.